The van der Waals surface area contributed by atoms with Crippen molar-refractivity contribution in [2.75, 3.05) is 19.7 Å². The third-order valence-corrected chi connectivity index (χ3v) is 4.77. The molecule has 4 nitrogen and oxygen atoms in total. The first kappa shape index (κ1) is 17.7. The van der Waals surface area contributed by atoms with Gasteiger partial charge in [0.25, 0.3) is 0 Å². The molecule has 1 fully saturated rings. The second kappa shape index (κ2) is 8.33. The van der Waals surface area contributed by atoms with Gasteiger partial charge in [-0.1, -0.05) is 60.2 Å². The smallest absolute Gasteiger partial charge is 0.151 e. The van der Waals surface area contributed by atoms with Gasteiger partial charge in [-0.3, -0.25) is 4.98 Å². The zero-order valence-corrected chi connectivity index (χ0v) is 15.5. The maximum Gasteiger partial charge on any atom is 0.151 e. The molecule has 27 heavy (non-hydrogen) atoms. The van der Waals surface area contributed by atoms with Gasteiger partial charge in [-0.15, -0.1) is 0 Å². The van der Waals surface area contributed by atoms with Crippen LogP contribution in [0.15, 0.2) is 72.9 Å². The Bertz CT molecular complexity index is 859. The van der Waals surface area contributed by atoms with E-state index in [0.29, 0.717) is 6.61 Å². The number of ether oxygens (including phenoxy) is 2. The second-order valence-corrected chi connectivity index (χ2v) is 6.78. The monoisotopic (exact) mass is 360 g/mol. The highest BCUT2D eigenvalue weighted by Crippen LogP contribution is 2.33. The number of rotatable bonds is 5. The largest absolute Gasteiger partial charge is 0.481 e. The van der Waals surface area contributed by atoms with Gasteiger partial charge in [-0.25, -0.2) is 0 Å². The standard InChI is InChI=1S/C23H24N2O2/c1-17-9-11-18(12-10-17)22-20(8-5-13-25-22)27-23(19-6-3-2-4-7-19)21-16-24-14-15-26-21/h2-13,21,23-24H,14-16H2,1H3/t21?,23-/m0/s1. The minimum Gasteiger partial charge on any atom is -0.481 e. The third-order valence-electron chi connectivity index (χ3n) is 4.77. The van der Waals surface area contributed by atoms with Crippen LogP contribution in [-0.4, -0.2) is 30.8 Å². The fraction of sp³-hybridized carbons (Fsp3) is 0.261. The number of benzene rings is 2. The number of nitrogens with zero attached hydrogens (tertiary/aromatic N) is 1. The molecule has 1 saturated heterocycles. The zero-order valence-electron chi connectivity index (χ0n) is 15.5. The summed E-state index contributed by atoms with van der Waals surface area (Å²) >= 11 is 0. The van der Waals surface area contributed by atoms with Crippen LogP contribution in [0.4, 0.5) is 0 Å². The van der Waals surface area contributed by atoms with E-state index < -0.39 is 0 Å². The van der Waals surface area contributed by atoms with Crippen LogP contribution < -0.4 is 10.1 Å². The van der Waals surface area contributed by atoms with Crippen LogP contribution in [0.25, 0.3) is 11.3 Å². The highest BCUT2D eigenvalue weighted by Gasteiger charge is 2.28. The van der Waals surface area contributed by atoms with E-state index in [1.165, 1.54) is 5.56 Å². The van der Waals surface area contributed by atoms with E-state index >= 15 is 0 Å². The van der Waals surface area contributed by atoms with Gasteiger partial charge in [0.1, 0.15) is 17.5 Å². The summed E-state index contributed by atoms with van der Waals surface area (Å²) in [7, 11) is 0. The van der Waals surface area contributed by atoms with Crippen molar-refractivity contribution in [3.8, 4) is 17.0 Å². The summed E-state index contributed by atoms with van der Waals surface area (Å²) in [6.45, 7) is 4.41. The van der Waals surface area contributed by atoms with Gasteiger partial charge in [-0.05, 0) is 24.6 Å². The number of morpholine rings is 1. The number of aryl methyl sites for hydroxylation is 1. The lowest BCUT2D eigenvalue weighted by Crippen LogP contribution is -2.43. The van der Waals surface area contributed by atoms with Crippen LogP contribution in [0.2, 0.25) is 0 Å². The Morgan fingerprint density at radius 1 is 1.04 bits per heavy atom. The van der Waals surface area contributed by atoms with Gasteiger partial charge in [0.2, 0.25) is 0 Å². The summed E-state index contributed by atoms with van der Waals surface area (Å²) < 4.78 is 12.5. The van der Waals surface area contributed by atoms with E-state index in [9.17, 15) is 0 Å². The number of nitrogens with one attached hydrogen (secondary N) is 1. The molecular weight excluding hydrogens is 336 g/mol. The molecule has 1 unspecified atom stereocenters. The maximum absolute atomic E-state index is 6.53. The minimum atomic E-state index is -0.201. The molecule has 1 aliphatic heterocycles. The van der Waals surface area contributed by atoms with Crippen LogP contribution in [-0.2, 0) is 4.74 Å². The summed E-state index contributed by atoms with van der Waals surface area (Å²) in [6.07, 6.45) is 1.55. The summed E-state index contributed by atoms with van der Waals surface area (Å²) in [6, 6.07) is 22.5. The van der Waals surface area contributed by atoms with Gasteiger partial charge in [0.15, 0.2) is 6.10 Å². The van der Waals surface area contributed by atoms with Crippen LogP contribution in [0.3, 0.4) is 0 Å². The molecule has 4 heteroatoms. The van der Waals surface area contributed by atoms with Crippen molar-refractivity contribution in [3.63, 3.8) is 0 Å². The fourth-order valence-corrected chi connectivity index (χ4v) is 3.33. The van der Waals surface area contributed by atoms with E-state index in [0.717, 1.165) is 35.7 Å². The summed E-state index contributed by atoms with van der Waals surface area (Å²) in [4.78, 5) is 4.59. The van der Waals surface area contributed by atoms with Crippen LogP contribution >= 0.6 is 0 Å². The van der Waals surface area contributed by atoms with E-state index in [1.807, 2.05) is 30.3 Å². The molecule has 1 aliphatic rings. The van der Waals surface area contributed by atoms with Crippen LogP contribution in [0, 0.1) is 6.92 Å². The molecular formula is C23H24N2O2. The van der Waals surface area contributed by atoms with Crippen molar-refractivity contribution in [2.45, 2.75) is 19.1 Å². The van der Waals surface area contributed by atoms with Crippen LogP contribution in [0.5, 0.6) is 5.75 Å². The Morgan fingerprint density at radius 2 is 1.85 bits per heavy atom. The number of pyridine rings is 1. The summed E-state index contributed by atoms with van der Waals surface area (Å²) in [5.74, 6) is 0.768. The van der Waals surface area contributed by atoms with E-state index in [1.54, 1.807) is 6.20 Å². The normalized spacial score (nSPS) is 18.0. The average molecular weight is 360 g/mol. The first-order valence-electron chi connectivity index (χ1n) is 9.37. The molecule has 1 aromatic heterocycles. The lowest BCUT2D eigenvalue weighted by molar-refractivity contribution is -0.0431. The number of hydrogen-bond acceptors (Lipinski definition) is 4. The van der Waals surface area contributed by atoms with Gasteiger partial charge >= 0.3 is 0 Å². The lowest BCUT2D eigenvalue weighted by atomic mass is 10.0. The van der Waals surface area contributed by atoms with Gasteiger partial charge in [0.05, 0.1) is 6.61 Å². The molecule has 0 radical (unpaired) electrons. The van der Waals surface area contributed by atoms with Gasteiger partial charge in [-0.2, -0.15) is 0 Å². The zero-order chi connectivity index (χ0) is 18.5. The Balaban J connectivity index is 1.68. The van der Waals surface area contributed by atoms with Gasteiger partial charge < -0.3 is 14.8 Å². The highest BCUT2D eigenvalue weighted by atomic mass is 16.5. The Labute approximate surface area is 160 Å². The fourth-order valence-electron chi connectivity index (χ4n) is 3.33. The molecule has 138 valence electrons. The van der Waals surface area contributed by atoms with Crippen molar-refractivity contribution in [2.24, 2.45) is 0 Å². The summed E-state index contributed by atoms with van der Waals surface area (Å²) in [5.41, 5.74) is 4.22. The summed E-state index contributed by atoms with van der Waals surface area (Å²) in [5, 5.41) is 3.40. The molecule has 0 saturated carbocycles. The Kier molecular flexibility index (Phi) is 5.47. The molecule has 3 aromatic rings. The molecule has 1 N–H and O–H groups in total. The minimum absolute atomic E-state index is 0.0489. The van der Waals surface area contributed by atoms with Crippen molar-refractivity contribution < 1.29 is 9.47 Å². The third kappa shape index (κ3) is 4.18. The maximum atomic E-state index is 6.53. The number of aromatic nitrogens is 1. The quantitative estimate of drug-likeness (QED) is 0.742. The molecule has 2 atom stereocenters. The van der Waals surface area contributed by atoms with Crippen molar-refractivity contribution >= 4 is 0 Å². The Hall–Kier alpha value is -2.69. The van der Waals surface area contributed by atoms with Gasteiger partial charge in [0, 0.05) is 24.8 Å². The first-order chi connectivity index (χ1) is 13.3. The molecule has 0 aliphatic carbocycles. The average Bonchev–Trinajstić information content (AvgIpc) is 2.74. The molecule has 2 aromatic carbocycles. The highest BCUT2D eigenvalue weighted by molar-refractivity contribution is 5.66. The van der Waals surface area contributed by atoms with Crippen LogP contribution in [0.1, 0.15) is 17.2 Å². The van der Waals surface area contributed by atoms with E-state index in [-0.39, 0.29) is 12.2 Å². The first-order valence-corrected chi connectivity index (χ1v) is 9.37. The SMILES string of the molecule is Cc1ccc(-c2ncccc2O[C@@H](c2ccccc2)C2CNCCO2)cc1. The Morgan fingerprint density at radius 3 is 2.59 bits per heavy atom. The second-order valence-electron chi connectivity index (χ2n) is 6.78. The molecule has 4 rings (SSSR count). The lowest BCUT2D eigenvalue weighted by Gasteiger charge is -2.32. The van der Waals surface area contributed by atoms with Crippen molar-refractivity contribution in [1.82, 2.24) is 10.3 Å². The van der Waals surface area contributed by atoms with E-state index in [2.05, 4.69) is 53.6 Å². The van der Waals surface area contributed by atoms with E-state index in [4.69, 9.17) is 9.47 Å². The number of hydrogen-bond donors (Lipinski definition) is 1. The molecule has 0 bridgehead atoms. The van der Waals surface area contributed by atoms with Crippen molar-refractivity contribution in [3.05, 3.63) is 84.1 Å². The predicted octanol–water partition coefficient (Wildman–Crippen LogP) is 4.17. The molecule has 0 amide bonds. The predicted molar refractivity (Wildman–Crippen MR) is 107 cm³/mol. The topological polar surface area (TPSA) is 43.4 Å². The molecule has 0 spiro atoms. The molecule has 2 heterocycles. The van der Waals surface area contributed by atoms with Crippen molar-refractivity contribution in [1.29, 1.82) is 0 Å².